The lowest BCUT2D eigenvalue weighted by atomic mass is 10.1. The van der Waals surface area contributed by atoms with Crippen molar-refractivity contribution >= 4 is 17.0 Å². The van der Waals surface area contributed by atoms with E-state index in [0.29, 0.717) is 6.04 Å². The van der Waals surface area contributed by atoms with Crippen molar-refractivity contribution < 1.29 is 0 Å². The first-order valence-corrected chi connectivity index (χ1v) is 7.48. The minimum absolute atomic E-state index is 0.678. The molecule has 94 valence electrons. The lowest BCUT2D eigenvalue weighted by molar-refractivity contribution is 0.755. The quantitative estimate of drug-likeness (QED) is 0.878. The van der Waals surface area contributed by atoms with Crippen LogP contribution in [0.1, 0.15) is 30.7 Å². The number of hydrogen-bond donors (Lipinski definition) is 1. The van der Waals surface area contributed by atoms with E-state index in [0.717, 1.165) is 10.7 Å². The topological polar surface area (TPSA) is 24.9 Å². The Morgan fingerprint density at radius 3 is 2.50 bits per heavy atom. The van der Waals surface area contributed by atoms with Gasteiger partial charge in [-0.25, -0.2) is 4.98 Å². The molecule has 18 heavy (non-hydrogen) atoms. The zero-order chi connectivity index (χ0) is 12.4. The minimum Gasteiger partial charge on any atom is -0.382 e. The van der Waals surface area contributed by atoms with Crippen molar-refractivity contribution in [2.45, 2.75) is 38.6 Å². The molecular weight excluding hydrogens is 240 g/mol. The summed E-state index contributed by atoms with van der Waals surface area (Å²) in [5, 5.41) is 6.85. The Hall–Kier alpha value is -1.35. The number of benzene rings is 1. The summed E-state index contributed by atoms with van der Waals surface area (Å²) in [5.41, 5.74) is 3.53. The molecule has 3 heteroatoms. The third-order valence-electron chi connectivity index (χ3n) is 3.53. The van der Waals surface area contributed by atoms with Gasteiger partial charge in [-0.05, 0) is 31.9 Å². The number of thiazole rings is 1. The molecule has 1 aliphatic rings. The number of anilines is 1. The van der Waals surface area contributed by atoms with Crippen LogP contribution in [0.4, 0.5) is 5.69 Å². The van der Waals surface area contributed by atoms with E-state index >= 15 is 0 Å². The van der Waals surface area contributed by atoms with E-state index in [1.165, 1.54) is 36.9 Å². The lowest BCUT2D eigenvalue weighted by Gasteiger charge is -2.13. The number of rotatable bonds is 3. The third kappa shape index (κ3) is 2.56. The van der Waals surface area contributed by atoms with Crippen LogP contribution in [0.25, 0.3) is 11.3 Å². The maximum atomic E-state index is 4.51. The molecule has 0 atom stereocenters. The van der Waals surface area contributed by atoms with Crippen LogP contribution in [0, 0.1) is 6.92 Å². The molecule has 1 saturated carbocycles. The molecule has 3 rings (SSSR count). The summed E-state index contributed by atoms with van der Waals surface area (Å²) in [6, 6.07) is 9.33. The molecule has 1 fully saturated rings. The zero-order valence-electron chi connectivity index (χ0n) is 10.6. The van der Waals surface area contributed by atoms with E-state index in [2.05, 4.69) is 39.9 Å². The van der Waals surface area contributed by atoms with Crippen LogP contribution < -0.4 is 5.32 Å². The van der Waals surface area contributed by atoms with E-state index in [9.17, 15) is 0 Å². The maximum Gasteiger partial charge on any atom is 0.0901 e. The second-order valence-corrected chi connectivity index (χ2v) is 6.02. The summed E-state index contributed by atoms with van der Waals surface area (Å²) in [6.07, 6.45) is 5.36. The molecular formula is C15H18N2S. The van der Waals surface area contributed by atoms with E-state index in [1.807, 2.05) is 6.92 Å². The first-order valence-electron chi connectivity index (χ1n) is 6.60. The summed E-state index contributed by atoms with van der Waals surface area (Å²) in [5.74, 6) is 0. The Kier molecular flexibility index (Phi) is 3.33. The number of nitrogens with zero attached hydrogens (tertiary/aromatic N) is 1. The number of aromatic nitrogens is 1. The first-order chi connectivity index (χ1) is 8.81. The Labute approximate surface area is 112 Å². The number of hydrogen-bond acceptors (Lipinski definition) is 3. The fraction of sp³-hybridized carbons (Fsp3) is 0.400. The van der Waals surface area contributed by atoms with Crippen molar-refractivity contribution in [3.8, 4) is 11.3 Å². The van der Waals surface area contributed by atoms with Crippen molar-refractivity contribution in [1.82, 2.24) is 4.98 Å². The van der Waals surface area contributed by atoms with Gasteiger partial charge in [-0.2, -0.15) is 0 Å². The molecule has 0 saturated heterocycles. The largest absolute Gasteiger partial charge is 0.382 e. The van der Waals surface area contributed by atoms with Crippen molar-refractivity contribution in [1.29, 1.82) is 0 Å². The van der Waals surface area contributed by atoms with Gasteiger partial charge in [0.05, 0.1) is 10.7 Å². The van der Waals surface area contributed by atoms with Crippen LogP contribution in [0.15, 0.2) is 29.6 Å². The van der Waals surface area contributed by atoms with Crippen molar-refractivity contribution in [3.63, 3.8) is 0 Å². The Morgan fingerprint density at radius 2 is 1.89 bits per heavy atom. The molecule has 1 aliphatic carbocycles. The molecule has 2 aromatic rings. The fourth-order valence-corrected chi connectivity index (χ4v) is 3.16. The van der Waals surface area contributed by atoms with Gasteiger partial charge in [-0.1, -0.05) is 25.0 Å². The highest BCUT2D eigenvalue weighted by Gasteiger charge is 2.14. The van der Waals surface area contributed by atoms with Gasteiger partial charge in [0, 0.05) is 22.7 Å². The monoisotopic (exact) mass is 258 g/mol. The van der Waals surface area contributed by atoms with Crippen LogP contribution in [-0.2, 0) is 0 Å². The Bertz CT molecular complexity index is 510. The summed E-state index contributed by atoms with van der Waals surface area (Å²) in [4.78, 5) is 4.51. The molecule has 2 nitrogen and oxygen atoms in total. The average molecular weight is 258 g/mol. The molecule has 1 N–H and O–H groups in total. The van der Waals surface area contributed by atoms with Gasteiger partial charge >= 0.3 is 0 Å². The van der Waals surface area contributed by atoms with E-state index < -0.39 is 0 Å². The van der Waals surface area contributed by atoms with Gasteiger partial charge in [0.1, 0.15) is 0 Å². The van der Waals surface area contributed by atoms with E-state index in [1.54, 1.807) is 11.3 Å². The van der Waals surface area contributed by atoms with Crippen molar-refractivity contribution in [3.05, 3.63) is 34.7 Å². The molecule has 1 aromatic carbocycles. The highest BCUT2D eigenvalue weighted by Crippen LogP contribution is 2.25. The van der Waals surface area contributed by atoms with Crippen LogP contribution in [0.3, 0.4) is 0 Å². The highest BCUT2D eigenvalue weighted by atomic mass is 32.1. The minimum atomic E-state index is 0.678. The van der Waals surface area contributed by atoms with Gasteiger partial charge in [-0.15, -0.1) is 11.3 Å². The molecule has 1 aromatic heterocycles. The second-order valence-electron chi connectivity index (χ2n) is 4.95. The van der Waals surface area contributed by atoms with Crippen molar-refractivity contribution in [2.24, 2.45) is 0 Å². The van der Waals surface area contributed by atoms with Crippen molar-refractivity contribution in [2.75, 3.05) is 5.32 Å². The predicted octanol–water partition coefficient (Wildman–Crippen LogP) is 4.47. The molecule has 0 unspecified atom stereocenters. The van der Waals surface area contributed by atoms with Gasteiger partial charge < -0.3 is 5.32 Å². The highest BCUT2D eigenvalue weighted by molar-refractivity contribution is 7.09. The average Bonchev–Trinajstić information content (AvgIpc) is 3.02. The van der Waals surface area contributed by atoms with Crippen LogP contribution in [0.5, 0.6) is 0 Å². The predicted molar refractivity (Wildman–Crippen MR) is 78.2 cm³/mol. The SMILES string of the molecule is Cc1nc(-c2ccc(NC3CCCC3)cc2)cs1. The van der Waals surface area contributed by atoms with E-state index in [-0.39, 0.29) is 0 Å². The molecule has 0 aliphatic heterocycles. The second kappa shape index (κ2) is 5.11. The Morgan fingerprint density at radius 1 is 1.17 bits per heavy atom. The third-order valence-corrected chi connectivity index (χ3v) is 4.30. The normalized spacial score (nSPS) is 16.1. The van der Waals surface area contributed by atoms with Gasteiger partial charge in [0.25, 0.3) is 0 Å². The number of aryl methyl sites for hydroxylation is 1. The van der Waals surface area contributed by atoms with Crippen LogP contribution in [-0.4, -0.2) is 11.0 Å². The standard InChI is InChI=1S/C15H18N2S/c1-11-16-15(10-18-11)12-6-8-14(9-7-12)17-13-4-2-3-5-13/h6-10,13,17H,2-5H2,1H3. The smallest absolute Gasteiger partial charge is 0.0901 e. The first kappa shape index (κ1) is 11.7. The van der Waals surface area contributed by atoms with Gasteiger partial charge in [-0.3, -0.25) is 0 Å². The summed E-state index contributed by atoms with van der Waals surface area (Å²) in [7, 11) is 0. The molecule has 0 amide bonds. The molecule has 0 spiro atoms. The molecule has 0 radical (unpaired) electrons. The summed E-state index contributed by atoms with van der Waals surface area (Å²) < 4.78 is 0. The summed E-state index contributed by atoms with van der Waals surface area (Å²) in [6.45, 7) is 2.05. The Balaban J connectivity index is 1.72. The maximum absolute atomic E-state index is 4.51. The van der Waals surface area contributed by atoms with Crippen LogP contribution in [0.2, 0.25) is 0 Å². The lowest BCUT2D eigenvalue weighted by Crippen LogP contribution is -2.14. The summed E-state index contributed by atoms with van der Waals surface area (Å²) >= 11 is 1.70. The molecule has 0 bridgehead atoms. The van der Waals surface area contributed by atoms with E-state index in [4.69, 9.17) is 0 Å². The van der Waals surface area contributed by atoms with Gasteiger partial charge in [0.15, 0.2) is 0 Å². The zero-order valence-corrected chi connectivity index (χ0v) is 11.5. The van der Waals surface area contributed by atoms with Gasteiger partial charge in [0.2, 0.25) is 0 Å². The fourth-order valence-electron chi connectivity index (χ4n) is 2.54. The number of nitrogens with one attached hydrogen (secondary N) is 1. The van der Waals surface area contributed by atoms with Crippen LogP contribution >= 0.6 is 11.3 Å². The molecule has 1 heterocycles.